The molecule has 0 aliphatic carbocycles. The highest BCUT2D eigenvalue weighted by molar-refractivity contribution is 6.30. The lowest BCUT2D eigenvalue weighted by Gasteiger charge is -2.40. The quantitative estimate of drug-likeness (QED) is 0.358. The van der Waals surface area contributed by atoms with Crippen LogP contribution in [0, 0.1) is 15.9 Å². The Morgan fingerprint density at radius 2 is 1.74 bits per heavy atom. The first-order chi connectivity index (χ1) is 16.8. The summed E-state index contributed by atoms with van der Waals surface area (Å²) in [5.74, 6) is -0.309. The van der Waals surface area contributed by atoms with E-state index in [1.54, 1.807) is 53.4 Å². The van der Waals surface area contributed by atoms with Gasteiger partial charge in [-0.3, -0.25) is 19.9 Å². The Labute approximate surface area is 207 Å². The number of nitro benzene ring substituents is 1. The number of carbonyl (C=O) groups excluding carboxylic acids is 1. The van der Waals surface area contributed by atoms with Gasteiger partial charge in [0.1, 0.15) is 5.82 Å². The molecule has 180 valence electrons. The van der Waals surface area contributed by atoms with Gasteiger partial charge in [0.15, 0.2) is 0 Å². The summed E-state index contributed by atoms with van der Waals surface area (Å²) in [6.07, 6.45) is 1.56. The highest BCUT2D eigenvalue weighted by Crippen LogP contribution is 2.47. The lowest BCUT2D eigenvalue weighted by Crippen LogP contribution is -2.46. The molecule has 1 fully saturated rings. The zero-order chi connectivity index (χ0) is 24.6. The number of nitro groups is 1. The first kappa shape index (κ1) is 23.3. The number of urea groups is 1. The van der Waals surface area contributed by atoms with Crippen molar-refractivity contribution in [2.45, 2.75) is 24.8 Å². The highest BCUT2D eigenvalue weighted by atomic mass is 35.5. The molecule has 35 heavy (non-hydrogen) atoms. The Morgan fingerprint density at radius 1 is 1.06 bits per heavy atom. The monoisotopic (exact) mass is 494 g/mol. The summed E-state index contributed by atoms with van der Waals surface area (Å²) in [5, 5.41) is 14.4. The van der Waals surface area contributed by atoms with Crippen LogP contribution in [0.25, 0.3) is 0 Å². The molecule has 2 amide bonds. The van der Waals surface area contributed by atoms with E-state index in [9.17, 15) is 19.3 Å². The molecule has 3 aromatic carbocycles. The molecule has 0 bridgehead atoms. The van der Waals surface area contributed by atoms with Crippen molar-refractivity contribution in [3.05, 3.63) is 98.8 Å². The topological polar surface area (TPSA) is 78.7 Å². The number of halogens is 2. The Hall–Kier alpha value is -3.49. The van der Waals surface area contributed by atoms with Gasteiger partial charge in [0.2, 0.25) is 0 Å². The van der Waals surface area contributed by atoms with Crippen LogP contribution in [0.5, 0.6) is 0 Å². The van der Waals surface area contributed by atoms with Crippen LogP contribution >= 0.6 is 11.6 Å². The van der Waals surface area contributed by atoms with E-state index in [4.69, 9.17) is 11.6 Å². The predicted octanol–water partition coefficient (Wildman–Crippen LogP) is 5.97. The van der Waals surface area contributed by atoms with Crippen LogP contribution in [-0.4, -0.2) is 35.5 Å². The van der Waals surface area contributed by atoms with Crippen LogP contribution in [0.4, 0.5) is 26.2 Å². The van der Waals surface area contributed by atoms with E-state index in [-0.39, 0.29) is 23.0 Å². The van der Waals surface area contributed by atoms with Gasteiger partial charge in [-0.05, 0) is 79.5 Å². The van der Waals surface area contributed by atoms with Crippen molar-refractivity contribution in [2.75, 3.05) is 29.9 Å². The number of benzene rings is 3. The maximum absolute atomic E-state index is 14.3. The van der Waals surface area contributed by atoms with E-state index < -0.39 is 4.92 Å². The number of hydrogen-bond donors (Lipinski definition) is 1. The molecule has 1 N–H and O–H groups in total. The van der Waals surface area contributed by atoms with Crippen LogP contribution in [0.3, 0.4) is 0 Å². The number of rotatable bonds is 4. The number of nitrogens with one attached hydrogen (secondary N) is 1. The number of nitrogens with zero attached hydrogens (tertiary/aromatic N) is 3. The van der Waals surface area contributed by atoms with Crippen LogP contribution in [-0.2, 0) is 12.0 Å². The number of non-ortho nitro benzene ring substituents is 1. The van der Waals surface area contributed by atoms with E-state index in [2.05, 4.69) is 10.2 Å². The van der Waals surface area contributed by atoms with Crippen molar-refractivity contribution in [2.24, 2.45) is 0 Å². The van der Waals surface area contributed by atoms with Gasteiger partial charge in [-0.1, -0.05) is 23.7 Å². The predicted molar refractivity (Wildman–Crippen MR) is 134 cm³/mol. The number of anilines is 2. The molecule has 0 unspecified atom stereocenters. The number of likely N-dealkylation sites (tertiary alicyclic amines) is 1. The average Bonchev–Trinajstić information content (AvgIpc) is 3.16. The minimum absolute atomic E-state index is 0.0768. The molecule has 7 nitrogen and oxygen atoms in total. The number of amides is 2. The largest absolute Gasteiger partial charge is 0.326 e. The maximum atomic E-state index is 14.3. The molecule has 2 aliphatic rings. The third-order valence-corrected chi connectivity index (χ3v) is 7.24. The fourth-order valence-corrected chi connectivity index (χ4v) is 5.22. The van der Waals surface area contributed by atoms with E-state index in [1.165, 1.54) is 18.2 Å². The van der Waals surface area contributed by atoms with Crippen molar-refractivity contribution >= 4 is 34.7 Å². The Bertz CT molecular complexity index is 1260. The molecule has 2 heterocycles. The molecular formula is C26H24ClFN4O3. The molecule has 2 aliphatic heterocycles. The van der Waals surface area contributed by atoms with Gasteiger partial charge >= 0.3 is 6.03 Å². The lowest BCUT2D eigenvalue weighted by molar-refractivity contribution is -0.384. The molecule has 0 radical (unpaired) electrons. The summed E-state index contributed by atoms with van der Waals surface area (Å²) in [6, 6.07) is 17.9. The van der Waals surface area contributed by atoms with E-state index >= 15 is 0 Å². The summed E-state index contributed by atoms with van der Waals surface area (Å²) in [6.45, 7) is 2.72. The minimum Gasteiger partial charge on any atom is -0.308 e. The molecular weight excluding hydrogens is 471 g/mol. The lowest BCUT2D eigenvalue weighted by atomic mass is 9.74. The minimum atomic E-state index is -0.403. The molecule has 9 heteroatoms. The maximum Gasteiger partial charge on any atom is 0.326 e. The second-order valence-corrected chi connectivity index (χ2v) is 9.60. The first-order valence-corrected chi connectivity index (χ1v) is 11.8. The number of carbonyl (C=O) groups is 1. The average molecular weight is 495 g/mol. The van der Waals surface area contributed by atoms with E-state index in [0.29, 0.717) is 23.8 Å². The number of piperidine rings is 1. The SMILES string of the molecule is O=C(Nc1ccc(Cl)cc1)N1CC2(CCN(Cc3ccc([N+](=O)[O-])cc3)CC2)c2cc(F)ccc21. The van der Waals surface area contributed by atoms with Gasteiger partial charge in [-0.2, -0.15) is 0 Å². The standard InChI is InChI=1S/C26H24ClFN4O3/c27-19-3-6-21(7-4-19)29-25(33)31-17-26(23-15-20(28)5-10-24(23)31)11-13-30(14-12-26)16-18-1-8-22(9-2-18)32(34)35/h1-10,15H,11-14,16-17H2,(H,29,33). The fraction of sp³-hybridized carbons (Fsp3) is 0.269. The highest BCUT2D eigenvalue weighted by Gasteiger charge is 2.46. The van der Waals surface area contributed by atoms with Gasteiger partial charge in [-0.15, -0.1) is 0 Å². The van der Waals surface area contributed by atoms with Crippen molar-refractivity contribution in [3.8, 4) is 0 Å². The van der Waals surface area contributed by atoms with Crippen LogP contribution in [0.15, 0.2) is 66.7 Å². The summed E-state index contributed by atoms with van der Waals surface area (Å²) in [4.78, 5) is 27.7. The summed E-state index contributed by atoms with van der Waals surface area (Å²) >= 11 is 5.95. The first-order valence-electron chi connectivity index (χ1n) is 11.4. The number of fused-ring (bicyclic) bond motifs is 2. The zero-order valence-electron chi connectivity index (χ0n) is 18.9. The fourth-order valence-electron chi connectivity index (χ4n) is 5.09. The van der Waals surface area contributed by atoms with Crippen LogP contribution < -0.4 is 10.2 Å². The molecule has 1 saturated heterocycles. The van der Waals surface area contributed by atoms with Crippen LogP contribution in [0.1, 0.15) is 24.0 Å². The van der Waals surface area contributed by atoms with Gasteiger partial charge in [0.05, 0.1) is 4.92 Å². The van der Waals surface area contributed by atoms with E-state index in [0.717, 1.165) is 42.7 Å². The van der Waals surface area contributed by atoms with E-state index in [1.807, 2.05) is 0 Å². The van der Waals surface area contributed by atoms with Gasteiger partial charge in [0.25, 0.3) is 5.69 Å². The van der Waals surface area contributed by atoms with Crippen molar-refractivity contribution in [3.63, 3.8) is 0 Å². The summed E-state index contributed by atoms with van der Waals surface area (Å²) < 4.78 is 14.3. The molecule has 1 spiro atoms. The van der Waals surface area contributed by atoms with Crippen molar-refractivity contribution in [1.29, 1.82) is 0 Å². The summed E-state index contributed by atoms with van der Waals surface area (Å²) in [7, 11) is 0. The third-order valence-electron chi connectivity index (χ3n) is 6.99. The smallest absolute Gasteiger partial charge is 0.308 e. The molecule has 0 saturated carbocycles. The molecule has 3 aromatic rings. The normalized spacial score (nSPS) is 16.8. The third kappa shape index (κ3) is 4.72. The van der Waals surface area contributed by atoms with Gasteiger partial charge < -0.3 is 5.32 Å². The Balaban J connectivity index is 1.31. The number of hydrogen-bond acceptors (Lipinski definition) is 4. The molecule has 0 atom stereocenters. The van der Waals surface area contributed by atoms with Crippen molar-refractivity contribution < 1.29 is 14.1 Å². The molecule has 5 rings (SSSR count). The van der Waals surface area contributed by atoms with Gasteiger partial charge in [0, 0.05) is 47.0 Å². The Kier molecular flexibility index (Phi) is 6.17. The van der Waals surface area contributed by atoms with Gasteiger partial charge in [-0.25, -0.2) is 9.18 Å². The second kappa shape index (κ2) is 9.28. The van der Waals surface area contributed by atoms with Crippen LogP contribution in [0.2, 0.25) is 5.02 Å². The summed E-state index contributed by atoms with van der Waals surface area (Å²) in [5.41, 5.74) is 3.02. The molecule has 0 aromatic heterocycles. The Morgan fingerprint density at radius 3 is 2.40 bits per heavy atom. The zero-order valence-corrected chi connectivity index (χ0v) is 19.7. The van der Waals surface area contributed by atoms with Crippen molar-refractivity contribution in [1.82, 2.24) is 4.90 Å². The second-order valence-electron chi connectivity index (χ2n) is 9.16.